The first-order valence-electron chi connectivity index (χ1n) is 9.30. The topological polar surface area (TPSA) is 79.8 Å². The molecule has 10 heteroatoms. The second-order valence-corrected chi connectivity index (χ2v) is 9.40. The van der Waals surface area contributed by atoms with Gasteiger partial charge in [0.1, 0.15) is 9.88 Å². The van der Waals surface area contributed by atoms with Gasteiger partial charge in [0.25, 0.3) is 11.8 Å². The van der Waals surface area contributed by atoms with Crippen molar-refractivity contribution in [2.24, 2.45) is 0 Å². The first-order valence-corrected chi connectivity index (χ1v) is 11.9. The van der Waals surface area contributed by atoms with Crippen LogP contribution in [0, 0.1) is 6.92 Å². The number of amides is 2. The fraction of sp³-hybridized carbons (Fsp3) is 0.300. The number of ether oxygens (including phenoxy) is 1. The number of esters is 1. The van der Waals surface area contributed by atoms with Crippen molar-refractivity contribution < 1.29 is 19.1 Å². The molecule has 0 spiro atoms. The largest absolute Gasteiger partial charge is 0.451 e. The minimum Gasteiger partial charge on any atom is -0.451 e. The maximum Gasteiger partial charge on any atom is 0.350 e. The van der Waals surface area contributed by atoms with Gasteiger partial charge in [0.05, 0.1) is 10.6 Å². The highest BCUT2D eigenvalue weighted by Crippen LogP contribution is 2.29. The lowest BCUT2D eigenvalue weighted by Gasteiger charge is -2.34. The van der Waals surface area contributed by atoms with Gasteiger partial charge in [-0.25, -0.2) is 9.78 Å². The molecule has 0 unspecified atom stereocenters. The van der Waals surface area contributed by atoms with E-state index < -0.39 is 5.97 Å². The molecule has 0 saturated carbocycles. The molecule has 30 heavy (non-hydrogen) atoms. The highest BCUT2D eigenvalue weighted by atomic mass is 32.1. The molecule has 1 saturated heterocycles. The highest BCUT2D eigenvalue weighted by Gasteiger charge is 2.26. The van der Waals surface area contributed by atoms with E-state index in [9.17, 15) is 14.4 Å². The molecule has 4 heterocycles. The molecule has 0 atom stereocenters. The molecular weight excluding hydrogens is 442 g/mol. The zero-order chi connectivity index (χ0) is 21.1. The van der Waals surface area contributed by atoms with Crippen LogP contribution < -0.4 is 0 Å². The summed E-state index contributed by atoms with van der Waals surface area (Å²) in [6.45, 7) is 3.23. The zero-order valence-corrected chi connectivity index (χ0v) is 18.6. The summed E-state index contributed by atoms with van der Waals surface area (Å²) in [5, 5.41) is 6.56. The van der Waals surface area contributed by atoms with Crippen LogP contribution >= 0.6 is 34.0 Å². The van der Waals surface area contributed by atoms with Crippen LogP contribution in [-0.2, 0) is 9.53 Å². The maximum atomic E-state index is 12.5. The minimum absolute atomic E-state index is 0.00868. The molecule has 0 N–H and O–H groups in total. The average Bonchev–Trinajstić information content (AvgIpc) is 3.53. The van der Waals surface area contributed by atoms with Crippen LogP contribution in [0.4, 0.5) is 0 Å². The number of aryl methyl sites for hydroxylation is 1. The molecule has 3 aromatic rings. The molecule has 1 fully saturated rings. The second-order valence-electron chi connectivity index (χ2n) is 6.67. The Morgan fingerprint density at radius 2 is 1.87 bits per heavy atom. The quantitative estimate of drug-likeness (QED) is 0.544. The molecular formula is C20H19N3O4S3. The van der Waals surface area contributed by atoms with E-state index in [4.69, 9.17) is 4.74 Å². The summed E-state index contributed by atoms with van der Waals surface area (Å²) in [5.41, 5.74) is 1.57. The van der Waals surface area contributed by atoms with Gasteiger partial charge in [0, 0.05) is 37.1 Å². The number of rotatable bonds is 5. The predicted molar refractivity (Wildman–Crippen MR) is 117 cm³/mol. The third kappa shape index (κ3) is 4.45. The average molecular weight is 462 g/mol. The Bertz CT molecular complexity index is 1040. The number of nitrogens with zero attached hydrogens (tertiary/aromatic N) is 3. The van der Waals surface area contributed by atoms with Gasteiger partial charge in [-0.3, -0.25) is 9.59 Å². The summed E-state index contributed by atoms with van der Waals surface area (Å²) >= 11 is 4.24. The van der Waals surface area contributed by atoms with E-state index in [1.807, 2.05) is 28.3 Å². The third-order valence-electron chi connectivity index (χ3n) is 4.73. The van der Waals surface area contributed by atoms with E-state index in [0.717, 1.165) is 10.6 Å². The Balaban J connectivity index is 1.28. The summed E-state index contributed by atoms with van der Waals surface area (Å²) in [6.07, 6.45) is 0. The third-order valence-corrected chi connectivity index (χ3v) is 7.46. The lowest BCUT2D eigenvalue weighted by molar-refractivity contribution is -0.136. The van der Waals surface area contributed by atoms with Crippen molar-refractivity contribution in [2.45, 2.75) is 6.92 Å². The summed E-state index contributed by atoms with van der Waals surface area (Å²) in [4.78, 5) is 46.2. The molecule has 7 nitrogen and oxygen atoms in total. The number of thiophene rings is 2. The Labute approximate surface area is 185 Å². The Morgan fingerprint density at radius 3 is 2.53 bits per heavy atom. The predicted octanol–water partition coefficient (Wildman–Crippen LogP) is 3.38. The minimum atomic E-state index is -0.536. The number of hydrogen-bond donors (Lipinski definition) is 0. The van der Waals surface area contributed by atoms with Gasteiger partial charge in [-0.1, -0.05) is 6.07 Å². The molecule has 0 aromatic carbocycles. The van der Waals surface area contributed by atoms with E-state index in [1.165, 1.54) is 22.7 Å². The van der Waals surface area contributed by atoms with Crippen molar-refractivity contribution in [3.8, 4) is 10.6 Å². The van der Waals surface area contributed by atoms with Crippen molar-refractivity contribution in [1.29, 1.82) is 0 Å². The fourth-order valence-electron chi connectivity index (χ4n) is 3.09. The van der Waals surface area contributed by atoms with Crippen molar-refractivity contribution in [3.63, 3.8) is 0 Å². The number of piperazine rings is 1. The van der Waals surface area contributed by atoms with Crippen LogP contribution in [0.3, 0.4) is 0 Å². The fourth-order valence-corrected chi connectivity index (χ4v) is 5.46. The molecule has 2 amide bonds. The summed E-state index contributed by atoms with van der Waals surface area (Å²) in [7, 11) is 0. The summed E-state index contributed by atoms with van der Waals surface area (Å²) < 4.78 is 5.25. The maximum absolute atomic E-state index is 12.5. The van der Waals surface area contributed by atoms with E-state index in [-0.39, 0.29) is 18.4 Å². The van der Waals surface area contributed by atoms with Crippen molar-refractivity contribution in [2.75, 3.05) is 32.8 Å². The lowest BCUT2D eigenvalue weighted by atomic mass is 10.3. The van der Waals surface area contributed by atoms with Gasteiger partial charge in [0.2, 0.25) is 0 Å². The standard InChI is InChI=1S/C20H19N3O4S3/c1-13-17(30-18(21-13)14-4-10-28-12-14)20(26)27-11-16(24)22-5-7-23(8-6-22)19(25)15-3-2-9-29-15/h2-4,9-10,12H,5-8,11H2,1H3. The Hall–Kier alpha value is -2.56. The number of carbonyl (C=O) groups is 3. The molecule has 1 aliphatic heterocycles. The Kier molecular flexibility index (Phi) is 6.26. The van der Waals surface area contributed by atoms with Crippen LogP contribution in [0.25, 0.3) is 10.6 Å². The van der Waals surface area contributed by atoms with E-state index >= 15 is 0 Å². The van der Waals surface area contributed by atoms with Gasteiger partial charge in [-0.15, -0.1) is 22.7 Å². The first kappa shape index (κ1) is 20.7. The van der Waals surface area contributed by atoms with Crippen LogP contribution in [0.15, 0.2) is 34.3 Å². The van der Waals surface area contributed by atoms with Crippen molar-refractivity contribution >= 4 is 51.8 Å². The number of carbonyl (C=O) groups excluding carboxylic acids is 3. The van der Waals surface area contributed by atoms with Gasteiger partial charge in [-0.2, -0.15) is 11.3 Å². The van der Waals surface area contributed by atoms with Gasteiger partial charge in [-0.05, 0) is 29.8 Å². The second kappa shape index (κ2) is 9.07. The number of hydrogen-bond acceptors (Lipinski definition) is 8. The van der Waals surface area contributed by atoms with Crippen LogP contribution in [0.5, 0.6) is 0 Å². The van der Waals surface area contributed by atoms with Crippen molar-refractivity contribution in [3.05, 3.63) is 49.8 Å². The molecule has 3 aromatic heterocycles. The molecule has 4 rings (SSSR count). The monoisotopic (exact) mass is 461 g/mol. The number of aromatic nitrogens is 1. The first-order chi connectivity index (χ1) is 14.5. The van der Waals surface area contributed by atoms with Gasteiger partial charge >= 0.3 is 5.97 Å². The van der Waals surface area contributed by atoms with E-state index in [1.54, 1.807) is 34.1 Å². The van der Waals surface area contributed by atoms with E-state index in [0.29, 0.717) is 41.6 Å². The van der Waals surface area contributed by atoms with Crippen LogP contribution in [0.2, 0.25) is 0 Å². The van der Waals surface area contributed by atoms with Crippen LogP contribution in [0.1, 0.15) is 25.0 Å². The van der Waals surface area contributed by atoms with Gasteiger partial charge in [0.15, 0.2) is 6.61 Å². The SMILES string of the molecule is Cc1nc(-c2ccsc2)sc1C(=O)OCC(=O)N1CCN(C(=O)c2cccs2)CC1. The zero-order valence-electron chi connectivity index (χ0n) is 16.2. The molecule has 0 aliphatic carbocycles. The smallest absolute Gasteiger partial charge is 0.350 e. The molecule has 0 radical (unpaired) electrons. The molecule has 156 valence electrons. The van der Waals surface area contributed by atoms with Crippen molar-refractivity contribution in [1.82, 2.24) is 14.8 Å². The molecule has 0 bridgehead atoms. The molecule has 1 aliphatic rings. The summed E-state index contributed by atoms with van der Waals surface area (Å²) in [5.74, 6) is -0.802. The van der Waals surface area contributed by atoms with E-state index in [2.05, 4.69) is 4.98 Å². The number of thiazole rings is 1. The normalized spacial score (nSPS) is 14.0. The Morgan fingerprint density at radius 1 is 1.10 bits per heavy atom. The highest BCUT2D eigenvalue weighted by molar-refractivity contribution is 7.17. The van der Waals surface area contributed by atoms with Gasteiger partial charge < -0.3 is 14.5 Å². The summed E-state index contributed by atoms with van der Waals surface area (Å²) in [6, 6.07) is 5.60. The lowest BCUT2D eigenvalue weighted by Crippen LogP contribution is -2.51. The van der Waals surface area contributed by atoms with Crippen LogP contribution in [-0.4, -0.2) is 65.4 Å².